The molecule has 0 spiro atoms. The van der Waals surface area contributed by atoms with Crippen LogP contribution in [-0.4, -0.2) is 38.0 Å². The number of rotatable bonds is 4. The number of carbonyl (C=O) groups excluding carboxylic acids is 1. The molecule has 0 fully saturated rings. The Morgan fingerprint density at radius 1 is 1.36 bits per heavy atom. The van der Waals surface area contributed by atoms with E-state index in [4.69, 9.17) is 9.47 Å². The fourth-order valence-electron chi connectivity index (χ4n) is 2.48. The Morgan fingerprint density at radius 2 is 2.12 bits per heavy atom. The summed E-state index contributed by atoms with van der Waals surface area (Å²) in [6, 6.07) is 5.89. The van der Waals surface area contributed by atoms with Crippen LogP contribution in [0.3, 0.4) is 0 Å². The van der Waals surface area contributed by atoms with Crippen molar-refractivity contribution in [3.05, 3.63) is 52.0 Å². The standard InChI is InChI=1S/C19H23BrN2O3/c1-19(2)11-14(18(23)25-4)6-5-9-22(21-13-19)12-15-10-16(20)7-8-17(15)24-3/h5-8,10-11,13H,9,12H2,1-4H3/b6-5?,14-11?,21-13-. The summed E-state index contributed by atoms with van der Waals surface area (Å²) in [5.41, 5.74) is 1.18. The zero-order valence-corrected chi connectivity index (χ0v) is 16.5. The molecule has 1 aromatic carbocycles. The van der Waals surface area contributed by atoms with E-state index in [9.17, 15) is 4.79 Å². The highest BCUT2D eigenvalue weighted by atomic mass is 79.9. The minimum absolute atomic E-state index is 0.347. The molecule has 134 valence electrons. The van der Waals surface area contributed by atoms with Crippen molar-refractivity contribution in [2.24, 2.45) is 10.5 Å². The molecule has 6 heteroatoms. The third kappa shape index (κ3) is 5.46. The lowest BCUT2D eigenvalue weighted by Gasteiger charge is -2.21. The third-order valence-electron chi connectivity index (χ3n) is 3.71. The van der Waals surface area contributed by atoms with Crippen LogP contribution in [0, 0.1) is 5.41 Å². The number of methoxy groups -OCH3 is 2. The minimum Gasteiger partial charge on any atom is -0.496 e. The zero-order valence-electron chi connectivity index (χ0n) is 15.0. The van der Waals surface area contributed by atoms with E-state index in [2.05, 4.69) is 21.0 Å². The first-order valence-electron chi connectivity index (χ1n) is 7.95. The first-order chi connectivity index (χ1) is 11.8. The number of ether oxygens (including phenoxy) is 2. The van der Waals surface area contributed by atoms with E-state index < -0.39 is 0 Å². The number of carbonyl (C=O) groups is 1. The van der Waals surface area contributed by atoms with E-state index in [1.807, 2.05) is 55.4 Å². The molecule has 1 aromatic rings. The van der Waals surface area contributed by atoms with Gasteiger partial charge in [0.2, 0.25) is 0 Å². The topological polar surface area (TPSA) is 51.1 Å². The summed E-state index contributed by atoms with van der Waals surface area (Å²) in [6.45, 7) is 5.15. The van der Waals surface area contributed by atoms with Gasteiger partial charge in [-0.3, -0.25) is 5.01 Å². The van der Waals surface area contributed by atoms with Crippen LogP contribution in [0.5, 0.6) is 5.75 Å². The predicted molar refractivity (Wildman–Crippen MR) is 103 cm³/mol. The minimum atomic E-state index is -0.377. The Kier molecular flexibility index (Phi) is 6.42. The molecule has 1 aliphatic heterocycles. The van der Waals surface area contributed by atoms with E-state index in [0.717, 1.165) is 15.8 Å². The monoisotopic (exact) mass is 406 g/mol. The van der Waals surface area contributed by atoms with Crippen LogP contribution in [0.25, 0.3) is 0 Å². The number of allylic oxidation sites excluding steroid dienone is 1. The van der Waals surface area contributed by atoms with E-state index in [1.165, 1.54) is 7.11 Å². The molecular weight excluding hydrogens is 384 g/mol. The van der Waals surface area contributed by atoms with Crippen LogP contribution < -0.4 is 4.74 Å². The van der Waals surface area contributed by atoms with Crippen molar-refractivity contribution in [3.8, 4) is 5.75 Å². The maximum Gasteiger partial charge on any atom is 0.337 e. The van der Waals surface area contributed by atoms with Crippen molar-refractivity contribution >= 4 is 28.1 Å². The first kappa shape index (κ1) is 19.2. The van der Waals surface area contributed by atoms with Gasteiger partial charge >= 0.3 is 5.97 Å². The van der Waals surface area contributed by atoms with Gasteiger partial charge in [-0.15, -0.1) is 0 Å². The summed E-state index contributed by atoms with van der Waals surface area (Å²) in [7, 11) is 3.04. The molecule has 0 N–H and O–H groups in total. The number of nitrogens with zero attached hydrogens (tertiary/aromatic N) is 2. The molecule has 5 nitrogen and oxygen atoms in total. The van der Waals surface area contributed by atoms with Gasteiger partial charge in [-0.05, 0) is 18.2 Å². The van der Waals surface area contributed by atoms with Crippen LogP contribution in [0.1, 0.15) is 19.4 Å². The number of hydrogen-bond acceptors (Lipinski definition) is 5. The van der Waals surface area contributed by atoms with Crippen LogP contribution in [0.4, 0.5) is 0 Å². The van der Waals surface area contributed by atoms with Crippen molar-refractivity contribution in [1.29, 1.82) is 0 Å². The van der Waals surface area contributed by atoms with Gasteiger partial charge < -0.3 is 9.47 Å². The quantitative estimate of drug-likeness (QED) is 0.710. The van der Waals surface area contributed by atoms with Crippen molar-refractivity contribution in [1.82, 2.24) is 5.01 Å². The zero-order chi connectivity index (χ0) is 18.4. The Morgan fingerprint density at radius 3 is 2.80 bits per heavy atom. The smallest absolute Gasteiger partial charge is 0.337 e. The van der Waals surface area contributed by atoms with Gasteiger partial charge in [0.1, 0.15) is 5.75 Å². The van der Waals surface area contributed by atoms with Gasteiger partial charge in [-0.25, -0.2) is 4.79 Å². The van der Waals surface area contributed by atoms with E-state index in [1.54, 1.807) is 13.2 Å². The van der Waals surface area contributed by atoms with Crippen LogP contribution in [0.2, 0.25) is 0 Å². The fourth-order valence-corrected chi connectivity index (χ4v) is 2.89. The third-order valence-corrected chi connectivity index (χ3v) is 4.20. The lowest BCUT2D eigenvalue weighted by molar-refractivity contribution is -0.135. The molecule has 0 amide bonds. The molecule has 0 atom stereocenters. The van der Waals surface area contributed by atoms with E-state index in [-0.39, 0.29) is 11.4 Å². The molecule has 0 aliphatic carbocycles. The van der Waals surface area contributed by atoms with Gasteiger partial charge in [0.05, 0.1) is 32.9 Å². The lowest BCUT2D eigenvalue weighted by atomic mass is 9.92. The van der Waals surface area contributed by atoms with E-state index >= 15 is 0 Å². The number of hydrogen-bond donors (Lipinski definition) is 0. The normalized spacial score (nSPS) is 17.8. The molecule has 25 heavy (non-hydrogen) atoms. The van der Waals surface area contributed by atoms with E-state index in [0.29, 0.717) is 18.7 Å². The fraction of sp³-hybridized carbons (Fsp3) is 0.368. The van der Waals surface area contributed by atoms with Gasteiger partial charge in [-0.2, -0.15) is 5.10 Å². The molecular formula is C19H23BrN2O3. The second kappa shape index (κ2) is 8.34. The van der Waals surface area contributed by atoms with Crippen LogP contribution in [-0.2, 0) is 16.1 Å². The van der Waals surface area contributed by atoms with Gasteiger partial charge in [0, 0.05) is 21.7 Å². The number of benzene rings is 1. The summed E-state index contributed by atoms with van der Waals surface area (Å²) in [5.74, 6) is 0.467. The predicted octanol–water partition coefficient (Wildman–Crippen LogP) is 3.94. The molecule has 0 bridgehead atoms. The average molecular weight is 407 g/mol. The number of hydrazone groups is 1. The molecule has 1 heterocycles. The summed E-state index contributed by atoms with van der Waals surface area (Å²) in [6.07, 6.45) is 7.40. The highest BCUT2D eigenvalue weighted by molar-refractivity contribution is 9.10. The Bertz CT molecular complexity index is 723. The molecule has 2 rings (SSSR count). The Labute approximate surface area is 157 Å². The van der Waals surface area contributed by atoms with Gasteiger partial charge in [0.25, 0.3) is 0 Å². The molecule has 1 aliphatic rings. The van der Waals surface area contributed by atoms with Crippen molar-refractivity contribution < 1.29 is 14.3 Å². The summed E-state index contributed by atoms with van der Waals surface area (Å²) in [4.78, 5) is 11.9. The Balaban J connectivity index is 2.27. The summed E-state index contributed by atoms with van der Waals surface area (Å²) < 4.78 is 11.3. The lowest BCUT2D eigenvalue weighted by Crippen LogP contribution is -2.20. The molecule has 0 radical (unpaired) electrons. The highest BCUT2D eigenvalue weighted by Crippen LogP contribution is 2.25. The number of esters is 1. The second-order valence-corrected chi connectivity index (χ2v) is 7.28. The number of halogens is 1. The second-order valence-electron chi connectivity index (χ2n) is 6.36. The highest BCUT2D eigenvalue weighted by Gasteiger charge is 2.18. The van der Waals surface area contributed by atoms with Crippen molar-refractivity contribution in [2.45, 2.75) is 20.4 Å². The Hall–Kier alpha value is -2.08. The van der Waals surface area contributed by atoms with Crippen LogP contribution in [0.15, 0.2) is 51.6 Å². The van der Waals surface area contributed by atoms with Gasteiger partial charge in [-0.1, -0.05) is 48.0 Å². The van der Waals surface area contributed by atoms with Crippen LogP contribution >= 0.6 is 15.9 Å². The molecule has 0 aromatic heterocycles. The van der Waals surface area contributed by atoms with Crippen molar-refractivity contribution in [2.75, 3.05) is 20.8 Å². The maximum absolute atomic E-state index is 11.9. The summed E-state index contributed by atoms with van der Waals surface area (Å²) in [5, 5.41) is 6.53. The molecule has 0 unspecified atom stereocenters. The SMILES string of the molecule is COC(=O)C1=CC(C)(C)/C=N\N(Cc2cc(Br)ccc2OC)CC=C1. The largest absolute Gasteiger partial charge is 0.496 e. The molecule has 0 saturated carbocycles. The first-order valence-corrected chi connectivity index (χ1v) is 8.74. The molecule has 0 saturated heterocycles. The average Bonchev–Trinajstić information content (AvgIpc) is 2.64. The van der Waals surface area contributed by atoms with Gasteiger partial charge in [0.15, 0.2) is 0 Å². The maximum atomic E-state index is 11.9. The summed E-state index contributed by atoms with van der Waals surface area (Å²) >= 11 is 3.49. The van der Waals surface area contributed by atoms with Crippen molar-refractivity contribution in [3.63, 3.8) is 0 Å².